The minimum atomic E-state index is -0.568. The minimum Gasteiger partial charge on any atom is -0.390 e. The zero-order valence-corrected chi connectivity index (χ0v) is 11.6. The number of rotatable bonds is 5. The molecule has 0 saturated carbocycles. The number of nitrogens with one attached hydrogen (secondary N) is 1. The number of benzene rings is 1. The van der Waals surface area contributed by atoms with Gasteiger partial charge in [0.2, 0.25) is 5.91 Å². The molecule has 2 N–H and O–H groups in total. The largest absolute Gasteiger partial charge is 0.390 e. The van der Waals surface area contributed by atoms with Crippen LogP contribution in [0.15, 0.2) is 24.3 Å². The SMILES string of the molecule is O=C1CCCCN1c1cccc(NCC(O)CCl)c1. The second kappa shape index (κ2) is 6.78. The van der Waals surface area contributed by atoms with E-state index in [1.807, 2.05) is 29.2 Å². The molecule has 0 aromatic heterocycles. The monoisotopic (exact) mass is 282 g/mol. The van der Waals surface area contributed by atoms with Crippen LogP contribution >= 0.6 is 11.6 Å². The quantitative estimate of drug-likeness (QED) is 0.814. The molecule has 1 aromatic carbocycles. The number of nitrogens with zero attached hydrogens (tertiary/aromatic N) is 1. The number of alkyl halides is 1. The standard InChI is InChI=1S/C14H19ClN2O2/c15-9-13(18)10-16-11-4-3-5-12(8-11)17-7-2-1-6-14(17)19/h3-5,8,13,16,18H,1-2,6-7,9-10H2. The first-order valence-electron chi connectivity index (χ1n) is 6.59. The summed E-state index contributed by atoms with van der Waals surface area (Å²) in [5.74, 6) is 0.390. The number of carbonyl (C=O) groups excluding carboxylic acids is 1. The number of piperidine rings is 1. The fourth-order valence-corrected chi connectivity index (χ4v) is 2.26. The van der Waals surface area contributed by atoms with Gasteiger partial charge >= 0.3 is 0 Å². The van der Waals surface area contributed by atoms with E-state index in [9.17, 15) is 9.90 Å². The van der Waals surface area contributed by atoms with Crippen molar-refractivity contribution in [1.82, 2.24) is 0 Å². The van der Waals surface area contributed by atoms with Gasteiger partial charge in [-0.05, 0) is 31.0 Å². The Kier molecular flexibility index (Phi) is 5.05. The first-order chi connectivity index (χ1) is 9.20. The molecule has 104 valence electrons. The summed E-state index contributed by atoms with van der Waals surface area (Å²) in [5.41, 5.74) is 1.80. The third-order valence-electron chi connectivity index (χ3n) is 3.20. The summed E-state index contributed by atoms with van der Waals surface area (Å²) in [7, 11) is 0. The summed E-state index contributed by atoms with van der Waals surface area (Å²) in [4.78, 5) is 13.7. The van der Waals surface area contributed by atoms with E-state index in [0.717, 1.165) is 30.8 Å². The van der Waals surface area contributed by atoms with E-state index >= 15 is 0 Å². The van der Waals surface area contributed by atoms with Gasteiger partial charge in [0, 0.05) is 30.9 Å². The topological polar surface area (TPSA) is 52.6 Å². The lowest BCUT2D eigenvalue weighted by Gasteiger charge is -2.27. The zero-order chi connectivity index (χ0) is 13.7. The highest BCUT2D eigenvalue weighted by Crippen LogP contribution is 2.23. The predicted molar refractivity (Wildman–Crippen MR) is 77.9 cm³/mol. The Morgan fingerprint density at radius 3 is 3.00 bits per heavy atom. The molecule has 19 heavy (non-hydrogen) atoms. The summed E-state index contributed by atoms with van der Waals surface area (Å²) in [6, 6.07) is 7.70. The molecule has 1 aromatic rings. The molecular weight excluding hydrogens is 264 g/mol. The molecule has 1 atom stereocenters. The van der Waals surface area contributed by atoms with Gasteiger partial charge in [-0.25, -0.2) is 0 Å². The number of amides is 1. The molecule has 0 aliphatic carbocycles. The fraction of sp³-hybridized carbons (Fsp3) is 0.500. The van der Waals surface area contributed by atoms with Gasteiger partial charge in [-0.3, -0.25) is 4.79 Å². The van der Waals surface area contributed by atoms with Crippen LogP contribution in [-0.4, -0.2) is 36.1 Å². The molecule has 1 unspecified atom stereocenters. The van der Waals surface area contributed by atoms with E-state index in [-0.39, 0.29) is 11.8 Å². The van der Waals surface area contributed by atoms with Crippen LogP contribution in [0.3, 0.4) is 0 Å². The number of carbonyl (C=O) groups is 1. The van der Waals surface area contributed by atoms with Crippen molar-refractivity contribution in [2.75, 3.05) is 29.2 Å². The van der Waals surface area contributed by atoms with Gasteiger partial charge in [0.05, 0.1) is 12.0 Å². The fourth-order valence-electron chi connectivity index (χ4n) is 2.15. The minimum absolute atomic E-state index is 0.184. The Labute approximate surface area is 118 Å². The lowest BCUT2D eigenvalue weighted by Crippen LogP contribution is -2.35. The average molecular weight is 283 g/mol. The van der Waals surface area contributed by atoms with E-state index in [0.29, 0.717) is 13.0 Å². The van der Waals surface area contributed by atoms with Gasteiger partial charge in [0.15, 0.2) is 0 Å². The number of hydrogen-bond acceptors (Lipinski definition) is 3. The first-order valence-corrected chi connectivity index (χ1v) is 7.12. The lowest BCUT2D eigenvalue weighted by atomic mass is 10.1. The van der Waals surface area contributed by atoms with Gasteiger partial charge in [0.25, 0.3) is 0 Å². The Bertz CT molecular complexity index is 439. The summed E-state index contributed by atoms with van der Waals surface area (Å²) < 4.78 is 0. The maximum Gasteiger partial charge on any atom is 0.226 e. The van der Waals surface area contributed by atoms with Crippen LogP contribution in [-0.2, 0) is 4.79 Å². The number of halogens is 1. The molecule has 1 aliphatic heterocycles. The molecule has 1 heterocycles. The lowest BCUT2D eigenvalue weighted by molar-refractivity contribution is -0.119. The summed E-state index contributed by atoms with van der Waals surface area (Å²) >= 11 is 5.55. The van der Waals surface area contributed by atoms with Crippen molar-refractivity contribution in [2.45, 2.75) is 25.4 Å². The van der Waals surface area contributed by atoms with Crippen molar-refractivity contribution in [3.05, 3.63) is 24.3 Å². The van der Waals surface area contributed by atoms with Gasteiger partial charge in [-0.15, -0.1) is 11.6 Å². The van der Waals surface area contributed by atoms with Crippen LogP contribution in [0.25, 0.3) is 0 Å². The second-order valence-corrected chi connectivity index (χ2v) is 5.05. The number of aliphatic hydroxyl groups excluding tert-OH is 1. The number of aliphatic hydroxyl groups is 1. The Morgan fingerprint density at radius 2 is 2.26 bits per heavy atom. The predicted octanol–water partition coefficient (Wildman–Crippen LogP) is 2.22. The van der Waals surface area contributed by atoms with Crippen LogP contribution < -0.4 is 10.2 Å². The average Bonchev–Trinajstić information content (AvgIpc) is 2.45. The van der Waals surface area contributed by atoms with Crippen LogP contribution in [0.1, 0.15) is 19.3 Å². The van der Waals surface area contributed by atoms with Crippen molar-refractivity contribution < 1.29 is 9.90 Å². The number of hydrogen-bond donors (Lipinski definition) is 2. The second-order valence-electron chi connectivity index (χ2n) is 4.74. The molecule has 0 radical (unpaired) electrons. The summed E-state index contributed by atoms with van der Waals surface area (Å²) in [5, 5.41) is 12.5. The van der Waals surface area contributed by atoms with Crippen molar-refractivity contribution in [3.63, 3.8) is 0 Å². The first kappa shape index (κ1) is 14.2. The Balaban J connectivity index is 2.04. The highest BCUT2D eigenvalue weighted by atomic mass is 35.5. The van der Waals surface area contributed by atoms with Gasteiger partial charge < -0.3 is 15.3 Å². The molecule has 1 amide bonds. The van der Waals surface area contributed by atoms with E-state index in [1.165, 1.54) is 0 Å². The molecule has 5 heteroatoms. The molecule has 0 bridgehead atoms. The molecule has 1 aliphatic rings. The van der Waals surface area contributed by atoms with Gasteiger partial charge in [0.1, 0.15) is 0 Å². The zero-order valence-electron chi connectivity index (χ0n) is 10.8. The van der Waals surface area contributed by atoms with E-state index in [1.54, 1.807) is 0 Å². The van der Waals surface area contributed by atoms with Crippen LogP contribution in [0, 0.1) is 0 Å². The van der Waals surface area contributed by atoms with Crippen LogP contribution in [0.2, 0.25) is 0 Å². The Hall–Kier alpha value is -1.26. The highest BCUT2D eigenvalue weighted by molar-refractivity contribution is 6.18. The maximum absolute atomic E-state index is 11.9. The van der Waals surface area contributed by atoms with Crippen molar-refractivity contribution in [3.8, 4) is 0 Å². The normalized spacial score (nSPS) is 17.4. The third-order valence-corrected chi connectivity index (χ3v) is 3.56. The van der Waals surface area contributed by atoms with E-state index < -0.39 is 6.10 Å². The summed E-state index contributed by atoms with van der Waals surface area (Å²) in [6.07, 6.45) is 2.09. The van der Waals surface area contributed by atoms with Crippen molar-refractivity contribution in [1.29, 1.82) is 0 Å². The third kappa shape index (κ3) is 3.85. The maximum atomic E-state index is 11.9. The Morgan fingerprint density at radius 1 is 1.42 bits per heavy atom. The highest BCUT2D eigenvalue weighted by Gasteiger charge is 2.19. The van der Waals surface area contributed by atoms with Crippen LogP contribution in [0.4, 0.5) is 11.4 Å². The molecular formula is C14H19ClN2O2. The van der Waals surface area contributed by atoms with Crippen molar-refractivity contribution >= 4 is 28.9 Å². The van der Waals surface area contributed by atoms with Crippen molar-refractivity contribution in [2.24, 2.45) is 0 Å². The molecule has 1 fully saturated rings. The molecule has 0 spiro atoms. The van der Waals surface area contributed by atoms with Crippen LogP contribution in [0.5, 0.6) is 0 Å². The molecule has 2 rings (SSSR count). The van der Waals surface area contributed by atoms with Gasteiger partial charge in [-0.2, -0.15) is 0 Å². The van der Waals surface area contributed by atoms with E-state index in [4.69, 9.17) is 11.6 Å². The van der Waals surface area contributed by atoms with Gasteiger partial charge in [-0.1, -0.05) is 6.07 Å². The van der Waals surface area contributed by atoms with E-state index in [2.05, 4.69) is 5.32 Å². The molecule has 4 nitrogen and oxygen atoms in total. The smallest absolute Gasteiger partial charge is 0.226 e. The number of anilines is 2. The molecule has 1 saturated heterocycles. The summed E-state index contributed by atoms with van der Waals surface area (Å²) in [6.45, 7) is 1.19.